The highest BCUT2D eigenvalue weighted by atomic mass is 32.1. The molecule has 0 heterocycles. The highest BCUT2D eigenvalue weighted by Gasteiger charge is 2.03. The van der Waals surface area contributed by atoms with Crippen molar-refractivity contribution in [3.63, 3.8) is 0 Å². The van der Waals surface area contributed by atoms with Gasteiger partial charge in [-0.3, -0.25) is 4.79 Å². The topological polar surface area (TPSA) is 29.1 Å². The molecule has 0 aliphatic carbocycles. The van der Waals surface area contributed by atoms with E-state index in [4.69, 9.17) is 0 Å². The van der Waals surface area contributed by atoms with E-state index in [-0.39, 0.29) is 5.91 Å². The quantitative estimate of drug-likeness (QED) is 0.563. The number of unbranched alkanes of at least 4 members (excludes halogenated alkanes) is 3. The van der Waals surface area contributed by atoms with Gasteiger partial charge in [-0.05, 0) is 41.5 Å². The summed E-state index contributed by atoms with van der Waals surface area (Å²) in [5.74, 6) is 1.04. The summed E-state index contributed by atoms with van der Waals surface area (Å²) < 4.78 is 0. The monoisotopic (exact) mass is 287 g/mol. The van der Waals surface area contributed by atoms with Crippen LogP contribution in [0.25, 0.3) is 10.8 Å². The van der Waals surface area contributed by atoms with Crippen molar-refractivity contribution in [2.45, 2.75) is 32.1 Å². The van der Waals surface area contributed by atoms with E-state index in [2.05, 4.69) is 30.1 Å². The number of anilines is 1. The average molecular weight is 287 g/mol. The van der Waals surface area contributed by atoms with Gasteiger partial charge in [-0.25, -0.2) is 0 Å². The molecule has 2 aromatic carbocycles. The Morgan fingerprint density at radius 2 is 1.70 bits per heavy atom. The lowest BCUT2D eigenvalue weighted by Gasteiger charge is -2.06. The summed E-state index contributed by atoms with van der Waals surface area (Å²) in [4.78, 5) is 11.9. The van der Waals surface area contributed by atoms with E-state index < -0.39 is 0 Å². The molecule has 106 valence electrons. The second kappa shape index (κ2) is 7.95. The Kier molecular flexibility index (Phi) is 5.93. The third kappa shape index (κ3) is 4.57. The smallest absolute Gasteiger partial charge is 0.224 e. The Bertz CT molecular complexity index is 568. The molecule has 0 radical (unpaired) electrons. The molecule has 3 heteroatoms. The second-order valence-electron chi connectivity index (χ2n) is 5.00. The molecule has 0 unspecified atom stereocenters. The van der Waals surface area contributed by atoms with Gasteiger partial charge in [0.15, 0.2) is 0 Å². The fourth-order valence-corrected chi connectivity index (χ4v) is 2.47. The number of rotatable bonds is 7. The summed E-state index contributed by atoms with van der Waals surface area (Å²) in [6.07, 6.45) is 4.94. The van der Waals surface area contributed by atoms with E-state index in [9.17, 15) is 4.79 Å². The number of hydrogen-bond donors (Lipinski definition) is 2. The molecule has 1 N–H and O–H groups in total. The molecule has 0 saturated carbocycles. The molecule has 0 spiro atoms. The second-order valence-corrected chi connectivity index (χ2v) is 5.45. The predicted molar refractivity (Wildman–Crippen MR) is 89.5 cm³/mol. The first kappa shape index (κ1) is 14.9. The molecule has 20 heavy (non-hydrogen) atoms. The summed E-state index contributed by atoms with van der Waals surface area (Å²) >= 11 is 4.18. The zero-order valence-electron chi connectivity index (χ0n) is 11.6. The van der Waals surface area contributed by atoms with Crippen LogP contribution in [0.4, 0.5) is 5.69 Å². The number of carbonyl (C=O) groups is 1. The van der Waals surface area contributed by atoms with Crippen molar-refractivity contribution in [1.29, 1.82) is 0 Å². The van der Waals surface area contributed by atoms with Crippen molar-refractivity contribution < 1.29 is 4.79 Å². The van der Waals surface area contributed by atoms with Crippen molar-refractivity contribution in [2.75, 3.05) is 11.1 Å². The number of thiol groups is 1. The van der Waals surface area contributed by atoms with E-state index in [0.29, 0.717) is 6.42 Å². The van der Waals surface area contributed by atoms with E-state index >= 15 is 0 Å². The third-order valence-electron chi connectivity index (χ3n) is 3.35. The molecule has 0 aliphatic rings. The molecule has 1 amide bonds. The SMILES string of the molecule is O=C(CCCCCCS)Nc1ccc2ccccc2c1. The fourth-order valence-electron chi connectivity index (χ4n) is 2.24. The van der Waals surface area contributed by atoms with Crippen molar-refractivity contribution in [1.82, 2.24) is 0 Å². The average Bonchev–Trinajstić information content (AvgIpc) is 2.47. The van der Waals surface area contributed by atoms with Gasteiger partial charge in [-0.2, -0.15) is 12.6 Å². The van der Waals surface area contributed by atoms with Crippen LogP contribution in [-0.4, -0.2) is 11.7 Å². The standard InChI is InChI=1S/C17H21NOS/c19-17(9-3-1-2-6-12-20)18-16-11-10-14-7-4-5-8-15(14)13-16/h4-5,7-8,10-11,13,20H,1-3,6,9,12H2,(H,18,19). The van der Waals surface area contributed by atoms with E-state index in [1.165, 1.54) is 5.39 Å². The van der Waals surface area contributed by atoms with Gasteiger partial charge in [0.25, 0.3) is 0 Å². The van der Waals surface area contributed by atoms with Gasteiger partial charge in [-0.15, -0.1) is 0 Å². The highest BCUT2D eigenvalue weighted by Crippen LogP contribution is 2.19. The number of fused-ring (bicyclic) bond motifs is 1. The first-order valence-electron chi connectivity index (χ1n) is 7.19. The molecular formula is C17H21NOS. The van der Waals surface area contributed by atoms with Crippen LogP contribution >= 0.6 is 12.6 Å². The Labute approximate surface area is 126 Å². The largest absolute Gasteiger partial charge is 0.326 e. The van der Waals surface area contributed by atoms with Crippen LogP contribution in [0.15, 0.2) is 42.5 Å². The molecule has 0 fully saturated rings. The van der Waals surface area contributed by atoms with Crippen molar-refractivity contribution in [3.8, 4) is 0 Å². The number of nitrogens with one attached hydrogen (secondary N) is 1. The molecule has 0 atom stereocenters. The molecule has 2 nitrogen and oxygen atoms in total. The summed E-state index contributed by atoms with van der Waals surface area (Å²) in [5.41, 5.74) is 0.879. The summed E-state index contributed by atoms with van der Waals surface area (Å²) in [5, 5.41) is 5.31. The first-order valence-corrected chi connectivity index (χ1v) is 7.82. The molecule has 2 aromatic rings. The van der Waals surface area contributed by atoms with E-state index in [1.54, 1.807) is 0 Å². The molecule has 0 aliphatic heterocycles. The molecule has 0 saturated heterocycles. The van der Waals surface area contributed by atoms with Gasteiger partial charge in [0, 0.05) is 12.1 Å². The van der Waals surface area contributed by atoms with Crippen LogP contribution in [0.1, 0.15) is 32.1 Å². The third-order valence-corrected chi connectivity index (χ3v) is 3.66. The first-order chi connectivity index (χ1) is 9.79. The number of benzene rings is 2. The maximum absolute atomic E-state index is 11.9. The normalized spacial score (nSPS) is 10.7. The minimum absolute atomic E-state index is 0.103. The van der Waals surface area contributed by atoms with Crippen LogP contribution in [0.3, 0.4) is 0 Å². The minimum atomic E-state index is 0.103. The van der Waals surface area contributed by atoms with Crippen molar-refractivity contribution in [2.24, 2.45) is 0 Å². The van der Waals surface area contributed by atoms with E-state index in [0.717, 1.165) is 42.5 Å². The van der Waals surface area contributed by atoms with Crippen LogP contribution in [0.5, 0.6) is 0 Å². The predicted octanol–water partition coefficient (Wildman–Crippen LogP) is 4.66. The van der Waals surface area contributed by atoms with Gasteiger partial charge >= 0.3 is 0 Å². The lowest BCUT2D eigenvalue weighted by atomic mass is 10.1. The summed E-state index contributed by atoms with van der Waals surface area (Å²) in [6.45, 7) is 0. The number of carbonyl (C=O) groups excluding carboxylic acids is 1. The Morgan fingerprint density at radius 1 is 0.950 bits per heavy atom. The minimum Gasteiger partial charge on any atom is -0.326 e. The van der Waals surface area contributed by atoms with Gasteiger partial charge in [0.05, 0.1) is 0 Å². The van der Waals surface area contributed by atoms with Gasteiger partial charge in [0.2, 0.25) is 5.91 Å². The van der Waals surface area contributed by atoms with Gasteiger partial charge in [-0.1, -0.05) is 43.2 Å². The molecule has 2 rings (SSSR count). The number of hydrogen-bond acceptors (Lipinski definition) is 2. The maximum atomic E-state index is 11.9. The van der Waals surface area contributed by atoms with Crippen molar-refractivity contribution in [3.05, 3.63) is 42.5 Å². The Hall–Kier alpha value is -1.48. The zero-order valence-corrected chi connectivity index (χ0v) is 12.5. The lowest BCUT2D eigenvalue weighted by Crippen LogP contribution is -2.10. The van der Waals surface area contributed by atoms with Crippen molar-refractivity contribution >= 4 is 35.0 Å². The van der Waals surface area contributed by atoms with Gasteiger partial charge in [0.1, 0.15) is 0 Å². The Balaban J connectivity index is 1.83. The van der Waals surface area contributed by atoms with E-state index in [1.807, 2.05) is 30.3 Å². The Morgan fingerprint density at radius 3 is 2.50 bits per heavy atom. The van der Waals surface area contributed by atoms with Gasteiger partial charge < -0.3 is 5.32 Å². The van der Waals surface area contributed by atoms with Crippen LogP contribution in [0.2, 0.25) is 0 Å². The fraction of sp³-hybridized carbons (Fsp3) is 0.353. The molecular weight excluding hydrogens is 266 g/mol. The van der Waals surface area contributed by atoms with Crippen LogP contribution < -0.4 is 5.32 Å². The molecule has 0 aromatic heterocycles. The highest BCUT2D eigenvalue weighted by molar-refractivity contribution is 7.80. The van der Waals surface area contributed by atoms with Crippen LogP contribution in [0, 0.1) is 0 Å². The number of amides is 1. The zero-order chi connectivity index (χ0) is 14.2. The molecule has 0 bridgehead atoms. The van der Waals surface area contributed by atoms with Crippen LogP contribution in [-0.2, 0) is 4.79 Å². The summed E-state index contributed by atoms with van der Waals surface area (Å²) in [6, 6.07) is 14.2. The maximum Gasteiger partial charge on any atom is 0.224 e. The lowest BCUT2D eigenvalue weighted by molar-refractivity contribution is -0.116. The summed E-state index contributed by atoms with van der Waals surface area (Å²) in [7, 11) is 0.